The number of rotatable bonds is 4. The molecule has 0 aromatic carbocycles. The largest absolute Gasteiger partial charge is 0.435 e. The molecule has 0 saturated heterocycles. The number of nitrogens with two attached hydrogens (primary N) is 1. The first-order chi connectivity index (χ1) is 9.46. The van der Waals surface area contributed by atoms with Crippen LogP contribution in [0.3, 0.4) is 0 Å². The van der Waals surface area contributed by atoms with Gasteiger partial charge in [0, 0.05) is 11.7 Å². The zero-order valence-corrected chi connectivity index (χ0v) is 11.7. The Balaban J connectivity index is 2.15. The van der Waals surface area contributed by atoms with Crippen molar-refractivity contribution in [2.75, 3.05) is 11.2 Å². The van der Waals surface area contributed by atoms with Crippen LogP contribution >= 0.6 is 0 Å². The number of aromatic nitrogens is 3. The minimum absolute atomic E-state index is 0.123. The highest BCUT2D eigenvalue weighted by Gasteiger charge is 2.13. The second-order valence-corrected chi connectivity index (χ2v) is 5.23. The molecule has 0 saturated carbocycles. The Morgan fingerprint density at radius 1 is 1.25 bits per heavy atom. The van der Waals surface area contributed by atoms with Gasteiger partial charge in [0.05, 0.1) is 6.20 Å². The van der Waals surface area contributed by atoms with Crippen LogP contribution in [0.1, 0.15) is 20.8 Å². The van der Waals surface area contributed by atoms with Gasteiger partial charge in [0.25, 0.3) is 0 Å². The van der Waals surface area contributed by atoms with E-state index in [1.807, 2.05) is 20.8 Å². The fourth-order valence-corrected chi connectivity index (χ4v) is 1.33. The van der Waals surface area contributed by atoms with E-state index in [2.05, 4.69) is 25.8 Å². The lowest BCUT2D eigenvalue weighted by Crippen LogP contribution is -2.40. The summed E-state index contributed by atoms with van der Waals surface area (Å²) in [6, 6.07) is 3.54. The van der Waals surface area contributed by atoms with E-state index in [1.165, 1.54) is 6.33 Å². The average molecular weight is 274 g/mol. The van der Waals surface area contributed by atoms with Gasteiger partial charge < -0.3 is 15.9 Å². The molecule has 2 heterocycles. The highest BCUT2D eigenvalue weighted by Crippen LogP contribution is 2.28. The summed E-state index contributed by atoms with van der Waals surface area (Å²) in [5, 5.41) is 0. The maximum atomic E-state index is 5.99. The van der Waals surface area contributed by atoms with Gasteiger partial charge in [-0.15, -0.1) is 0 Å². The molecule has 0 radical (unpaired) electrons. The molecule has 2 aromatic heterocycles. The number of anilines is 2. The third-order valence-electron chi connectivity index (χ3n) is 2.25. The lowest BCUT2D eigenvalue weighted by atomic mass is 10.1. The Bertz CT molecular complexity index is 567. The van der Waals surface area contributed by atoms with Crippen molar-refractivity contribution in [3.05, 3.63) is 30.9 Å². The molecule has 0 unspecified atom stereocenters. The first-order valence-corrected chi connectivity index (χ1v) is 6.17. The number of hydrogen-bond acceptors (Lipinski definition) is 7. The van der Waals surface area contributed by atoms with E-state index in [-0.39, 0.29) is 11.4 Å². The molecule has 0 aliphatic rings. The monoisotopic (exact) mass is 274 g/mol. The molecule has 2 aromatic rings. The summed E-state index contributed by atoms with van der Waals surface area (Å²) < 4.78 is 5.58. The predicted molar refractivity (Wildman–Crippen MR) is 77.3 cm³/mol. The molecule has 2 rings (SSSR count). The van der Waals surface area contributed by atoms with E-state index in [9.17, 15) is 0 Å². The van der Waals surface area contributed by atoms with Crippen molar-refractivity contribution < 1.29 is 4.74 Å². The molecule has 0 bridgehead atoms. The highest BCUT2D eigenvalue weighted by atomic mass is 16.5. The van der Waals surface area contributed by atoms with Crippen molar-refractivity contribution in [2.24, 2.45) is 0 Å². The molecule has 0 amide bonds. The highest BCUT2D eigenvalue weighted by molar-refractivity contribution is 5.66. The number of nitrogens with zero attached hydrogens (tertiary/aromatic N) is 3. The van der Waals surface area contributed by atoms with Gasteiger partial charge in [0.2, 0.25) is 5.88 Å². The van der Waals surface area contributed by atoms with Crippen LogP contribution in [0.2, 0.25) is 0 Å². The molecule has 4 N–H and O–H groups in total. The molecule has 7 heteroatoms. The molecule has 0 aliphatic carbocycles. The van der Waals surface area contributed by atoms with Crippen molar-refractivity contribution in [2.45, 2.75) is 26.3 Å². The number of hydrogen-bond donors (Lipinski definition) is 3. The van der Waals surface area contributed by atoms with Crippen LogP contribution in [0.4, 0.5) is 11.5 Å². The molecule has 0 aliphatic heterocycles. The van der Waals surface area contributed by atoms with Gasteiger partial charge in [-0.05, 0) is 32.9 Å². The Morgan fingerprint density at radius 2 is 2.05 bits per heavy atom. The van der Waals surface area contributed by atoms with Gasteiger partial charge >= 0.3 is 0 Å². The van der Waals surface area contributed by atoms with E-state index >= 15 is 0 Å². The first kappa shape index (κ1) is 14.0. The third-order valence-corrected chi connectivity index (χ3v) is 2.25. The van der Waals surface area contributed by atoms with E-state index in [0.717, 1.165) is 0 Å². The molecular weight excluding hydrogens is 256 g/mol. The van der Waals surface area contributed by atoms with Crippen LogP contribution in [0.15, 0.2) is 30.9 Å². The molecular formula is C13H18N6O. The zero-order chi connectivity index (χ0) is 14.6. The van der Waals surface area contributed by atoms with Crippen LogP contribution in [-0.2, 0) is 0 Å². The van der Waals surface area contributed by atoms with Crippen molar-refractivity contribution >= 4 is 11.5 Å². The van der Waals surface area contributed by atoms with Crippen LogP contribution in [0.5, 0.6) is 11.6 Å². The minimum atomic E-state index is -0.123. The summed E-state index contributed by atoms with van der Waals surface area (Å²) in [5.74, 6) is 1.31. The molecule has 7 nitrogen and oxygen atoms in total. The minimum Gasteiger partial charge on any atom is -0.435 e. The molecule has 106 valence electrons. The summed E-state index contributed by atoms with van der Waals surface area (Å²) in [7, 11) is 0. The number of ether oxygens (including phenoxy) is 1. The molecule has 0 spiro atoms. The van der Waals surface area contributed by atoms with E-state index in [0.29, 0.717) is 17.3 Å². The predicted octanol–water partition coefficient (Wildman–Crippen LogP) is 1.96. The lowest BCUT2D eigenvalue weighted by Gasteiger charge is -2.22. The summed E-state index contributed by atoms with van der Waals surface area (Å²) in [6.07, 6.45) is 4.63. The topological polar surface area (TPSA) is 98.0 Å². The number of hydrazine groups is 1. The van der Waals surface area contributed by atoms with E-state index in [1.54, 1.807) is 24.5 Å². The number of nitrogen functional groups attached to an aromatic ring is 1. The van der Waals surface area contributed by atoms with Crippen LogP contribution in [-0.4, -0.2) is 20.5 Å². The summed E-state index contributed by atoms with van der Waals surface area (Å²) in [6.45, 7) is 6.05. The van der Waals surface area contributed by atoms with Gasteiger partial charge in [-0.2, -0.15) is 4.98 Å². The first-order valence-electron chi connectivity index (χ1n) is 6.17. The van der Waals surface area contributed by atoms with Gasteiger partial charge in [-0.3, -0.25) is 4.98 Å². The number of pyridine rings is 1. The Hall–Kier alpha value is -2.41. The summed E-state index contributed by atoms with van der Waals surface area (Å²) in [5.41, 5.74) is 12.2. The van der Waals surface area contributed by atoms with Crippen molar-refractivity contribution in [3.8, 4) is 11.6 Å². The van der Waals surface area contributed by atoms with Gasteiger partial charge in [-0.25, -0.2) is 10.4 Å². The summed E-state index contributed by atoms with van der Waals surface area (Å²) >= 11 is 0. The third kappa shape index (κ3) is 3.79. The van der Waals surface area contributed by atoms with Crippen LogP contribution in [0.25, 0.3) is 0 Å². The molecule has 0 fully saturated rings. The van der Waals surface area contributed by atoms with Gasteiger partial charge in [0.1, 0.15) is 17.8 Å². The number of nitrogens with one attached hydrogen (secondary N) is 2. The standard InChI is InChI=1S/C13H18N6O/c1-13(2,3)19-18-11-10(14)12(17-8-16-11)20-9-5-4-6-15-7-9/h4-8,19H,14H2,1-3H3,(H,16,17,18). The Labute approximate surface area is 117 Å². The fraction of sp³-hybridized carbons (Fsp3) is 0.308. The van der Waals surface area contributed by atoms with E-state index < -0.39 is 0 Å². The Morgan fingerprint density at radius 3 is 2.70 bits per heavy atom. The molecule has 0 atom stereocenters. The average Bonchev–Trinajstić information content (AvgIpc) is 2.40. The summed E-state index contributed by atoms with van der Waals surface area (Å²) in [4.78, 5) is 12.1. The SMILES string of the molecule is CC(C)(C)NNc1ncnc(Oc2cccnc2)c1N. The van der Waals surface area contributed by atoms with Crippen molar-refractivity contribution in [3.63, 3.8) is 0 Å². The zero-order valence-electron chi connectivity index (χ0n) is 11.7. The maximum absolute atomic E-state index is 5.99. The normalized spacial score (nSPS) is 11.2. The second-order valence-electron chi connectivity index (χ2n) is 5.23. The lowest BCUT2D eigenvalue weighted by molar-refractivity contribution is 0.456. The maximum Gasteiger partial charge on any atom is 0.248 e. The van der Waals surface area contributed by atoms with E-state index in [4.69, 9.17) is 10.5 Å². The van der Waals surface area contributed by atoms with Crippen LogP contribution < -0.4 is 21.3 Å². The van der Waals surface area contributed by atoms with Gasteiger partial charge in [0.15, 0.2) is 5.82 Å². The molecule has 20 heavy (non-hydrogen) atoms. The van der Waals surface area contributed by atoms with Crippen LogP contribution in [0, 0.1) is 0 Å². The fourth-order valence-electron chi connectivity index (χ4n) is 1.33. The van der Waals surface area contributed by atoms with Gasteiger partial charge in [-0.1, -0.05) is 0 Å². The quantitative estimate of drug-likeness (QED) is 0.733. The second kappa shape index (κ2) is 5.70. The Kier molecular flexibility index (Phi) is 3.99. The smallest absolute Gasteiger partial charge is 0.248 e. The van der Waals surface area contributed by atoms with Crippen molar-refractivity contribution in [1.82, 2.24) is 20.4 Å². The van der Waals surface area contributed by atoms with Crippen molar-refractivity contribution in [1.29, 1.82) is 0 Å².